The molecule has 0 fully saturated rings. The maximum atomic E-state index is 5.21. The van der Waals surface area contributed by atoms with Crippen LogP contribution in [-0.4, -0.2) is 18.6 Å². The van der Waals surface area contributed by atoms with E-state index in [-0.39, 0.29) is 0 Å². The third-order valence-electron chi connectivity index (χ3n) is 2.25. The number of hydrogen-bond acceptors (Lipinski definition) is 5. The third kappa shape index (κ3) is 2.88. The lowest BCUT2D eigenvalue weighted by atomic mass is 10.2. The van der Waals surface area contributed by atoms with Crippen LogP contribution in [0.25, 0.3) is 0 Å². The Hall–Kier alpha value is -1.75. The van der Waals surface area contributed by atoms with Crippen LogP contribution >= 0.6 is 11.5 Å². The van der Waals surface area contributed by atoms with Crippen molar-refractivity contribution < 1.29 is 9.47 Å². The number of anilines is 2. The van der Waals surface area contributed by atoms with E-state index in [0.717, 1.165) is 27.9 Å². The van der Waals surface area contributed by atoms with Gasteiger partial charge in [-0.1, -0.05) is 0 Å². The van der Waals surface area contributed by atoms with Gasteiger partial charge in [0.2, 0.25) is 0 Å². The summed E-state index contributed by atoms with van der Waals surface area (Å²) in [4.78, 5) is 0. The van der Waals surface area contributed by atoms with Crippen LogP contribution in [0.5, 0.6) is 11.5 Å². The second-order valence-corrected chi connectivity index (χ2v) is 4.36. The van der Waals surface area contributed by atoms with Crippen molar-refractivity contribution in [1.82, 2.24) is 4.37 Å². The summed E-state index contributed by atoms with van der Waals surface area (Å²) in [6, 6.07) is 7.66. The summed E-state index contributed by atoms with van der Waals surface area (Å²) in [6.07, 6.45) is 0. The molecular formula is C12H14N2O2S. The number of benzene rings is 1. The number of aromatic nitrogens is 1. The van der Waals surface area contributed by atoms with Gasteiger partial charge in [0.25, 0.3) is 0 Å². The summed E-state index contributed by atoms with van der Waals surface area (Å²) in [5.41, 5.74) is 1.93. The van der Waals surface area contributed by atoms with Gasteiger partial charge < -0.3 is 14.8 Å². The molecular weight excluding hydrogens is 236 g/mol. The minimum Gasteiger partial charge on any atom is -0.497 e. The predicted molar refractivity (Wildman–Crippen MR) is 69.7 cm³/mol. The molecule has 5 heteroatoms. The molecule has 0 spiro atoms. The van der Waals surface area contributed by atoms with E-state index in [9.17, 15) is 0 Å². The standard InChI is InChI=1S/C12H14N2O2S/c1-8-4-12(17-14-8)13-9-5-10(15-2)7-11(6-9)16-3/h4-7,13H,1-3H3. The zero-order chi connectivity index (χ0) is 12.3. The predicted octanol–water partition coefficient (Wildman–Crippen LogP) is 3.21. The molecule has 2 rings (SSSR count). The van der Waals surface area contributed by atoms with Crippen molar-refractivity contribution in [1.29, 1.82) is 0 Å². The number of nitrogens with one attached hydrogen (secondary N) is 1. The van der Waals surface area contributed by atoms with Crippen LogP contribution in [0.4, 0.5) is 10.7 Å². The van der Waals surface area contributed by atoms with Gasteiger partial charge in [0.1, 0.15) is 16.5 Å². The van der Waals surface area contributed by atoms with E-state index >= 15 is 0 Å². The first-order valence-electron chi connectivity index (χ1n) is 5.14. The van der Waals surface area contributed by atoms with Gasteiger partial charge in [-0.15, -0.1) is 0 Å². The molecule has 1 aromatic heterocycles. The SMILES string of the molecule is COc1cc(Nc2cc(C)ns2)cc(OC)c1. The van der Waals surface area contributed by atoms with Gasteiger partial charge >= 0.3 is 0 Å². The van der Waals surface area contributed by atoms with Crippen LogP contribution in [0, 0.1) is 6.92 Å². The summed E-state index contributed by atoms with van der Waals surface area (Å²) >= 11 is 1.43. The fraction of sp³-hybridized carbons (Fsp3) is 0.250. The molecule has 0 aliphatic heterocycles. The third-order valence-corrected chi connectivity index (χ3v) is 3.04. The number of aryl methyl sites for hydroxylation is 1. The van der Waals surface area contributed by atoms with E-state index in [4.69, 9.17) is 9.47 Å². The first-order valence-corrected chi connectivity index (χ1v) is 5.92. The van der Waals surface area contributed by atoms with Gasteiger partial charge in [0.15, 0.2) is 0 Å². The van der Waals surface area contributed by atoms with Crippen molar-refractivity contribution in [3.63, 3.8) is 0 Å². The number of rotatable bonds is 4. The highest BCUT2D eigenvalue weighted by molar-refractivity contribution is 7.10. The van der Waals surface area contributed by atoms with Crippen LogP contribution < -0.4 is 14.8 Å². The highest BCUT2D eigenvalue weighted by Gasteiger charge is 2.03. The molecule has 0 saturated carbocycles. The highest BCUT2D eigenvalue weighted by Crippen LogP contribution is 2.29. The molecule has 1 heterocycles. The minimum absolute atomic E-state index is 0.757. The second-order valence-electron chi connectivity index (χ2n) is 3.56. The van der Waals surface area contributed by atoms with Crippen molar-refractivity contribution in [2.45, 2.75) is 6.92 Å². The van der Waals surface area contributed by atoms with Crippen molar-refractivity contribution in [3.05, 3.63) is 30.0 Å². The van der Waals surface area contributed by atoms with Crippen molar-refractivity contribution in [2.24, 2.45) is 0 Å². The van der Waals surface area contributed by atoms with E-state index in [0.29, 0.717) is 0 Å². The van der Waals surface area contributed by atoms with Gasteiger partial charge in [0, 0.05) is 23.9 Å². The molecule has 1 aromatic carbocycles. The molecule has 0 amide bonds. The highest BCUT2D eigenvalue weighted by atomic mass is 32.1. The van der Waals surface area contributed by atoms with Gasteiger partial charge in [-0.05, 0) is 24.5 Å². The minimum atomic E-state index is 0.757. The second kappa shape index (κ2) is 5.05. The largest absolute Gasteiger partial charge is 0.497 e. The van der Waals surface area contributed by atoms with Crippen molar-refractivity contribution in [3.8, 4) is 11.5 Å². The zero-order valence-electron chi connectivity index (χ0n) is 9.98. The molecule has 0 unspecified atom stereocenters. The monoisotopic (exact) mass is 250 g/mol. The lowest BCUT2D eigenvalue weighted by Gasteiger charge is -2.08. The van der Waals surface area contributed by atoms with E-state index in [1.165, 1.54) is 11.5 Å². The maximum Gasteiger partial charge on any atom is 0.124 e. The summed E-state index contributed by atoms with van der Waals surface area (Å²) in [7, 11) is 3.27. The van der Waals surface area contributed by atoms with E-state index in [2.05, 4.69) is 9.69 Å². The van der Waals surface area contributed by atoms with Crippen molar-refractivity contribution >= 4 is 22.2 Å². The molecule has 0 aliphatic rings. The van der Waals surface area contributed by atoms with Gasteiger partial charge in [-0.25, -0.2) is 0 Å². The average Bonchev–Trinajstić information content (AvgIpc) is 2.74. The lowest BCUT2D eigenvalue weighted by Crippen LogP contribution is -1.92. The summed E-state index contributed by atoms with van der Waals surface area (Å²) in [6.45, 7) is 1.97. The quantitative estimate of drug-likeness (QED) is 0.904. The maximum absolute atomic E-state index is 5.21. The molecule has 0 aliphatic carbocycles. The molecule has 0 saturated heterocycles. The van der Waals surface area contributed by atoms with Crippen LogP contribution in [0.2, 0.25) is 0 Å². The van der Waals surface area contributed by atoms with Gasteiger partial charge in [-0.2, -0.15) is 4.37 Å². The fourth-order valence-corrected chi connectivity index (χ4v) is 2.13. The summed E-state index contributed by atoms with van der Waals surface area (Å²) in [5.74, 6) is 1.51. The van der Waals surface area contributed by atoms with E-state index in [1.54, 1.807) is 14.2 Å². The van der Waals surface area contributed by atoms with Gasteiger partial charge in [-0.3, -0.25) is 0 Å². The number of ether oxygens (including phenoxy) is 2. The Labute approximate surface area is 104 Å². The van der Waals surface area contributed by atoms with E-state index in [1.807, 2.05) is 31.2 Å². The van der Waals surface area contributed by atoms with Crippen LogP contribution in [0.3, 0.4) is 0 Å². The fourth-order valence-electron chi connectivity index (χ4n) is 1.44. The number of methoxy groups -OCH3 is 2. The molecule has 0 bridgehead atoms. The Bertz CT molecular complexity index is 489. The summed E-state index contributed by atoms with van der Waals surface area (Å²) in [5, 5.41) is 4.27. The average molecular weight is 250 g/mol. The van der Waals surface area contributed by atoms with Crippen LogP contribution in [-0.2, 0) is 0 Å². The summed E-state index contributed by atoms with van der Waals surface area (Å²) < 4.78 is 14.6. The molecule has 1 N–H and O–H groups in total. The molecule has 2 aromatic rings. The molecule has 90 valence electrons. The first-order chi connectivity index (χ1) is 8.21. The number of hydrogen-bond donors (Lipinski definition) is 1. The Morgan fingerprint density at radius 3 is 2.18 bits per heavy atom. The molecule has 0 radical (unpaired) electrons. The smallest absolute Gasteiger partial charge is 0.124 e. The Morgan fingerprint density at radius 1 is 1.06 bits per heavy atom. The van der Waals surface area contributed by atoms with Crippen LogP contribution in [0.15, 0.2) is 24.3 Å². The van der Waals surface area contributed by atoms with Crippen molar-refractivity contribution in [2.75, 3.05) is 19.5 Å². The molecule has 0 atom stereocenters. The topological polar surface area (TPSA) is 43.4 Å². The Balaban J connectivity index is 2.25. The Morgan fingerprint density at radius 2 is 1.71 bits per heavy atom. The molecule has 4 nitrogen and oxygen atoms in total. The normalized spacial score (nSPS) is 10.1. The Kier molecular flexibility index (Phi) is 3.49. The number of nitrogens with zero attached hydrogens (tertiary/aromatic N) is 1. The molecule has 17 heavy (non-hydrogen) atoms. The lowest BCUT2D eigenvalue weighted by molar-refractivity contribution is 0.395. The zero-order valence-corrected chi connectivity index (χ0v) is 10.8. The first kappa shape index (κ1) is 11.7. The van der Waals surface area contributed by atoms with E-state index < -0.39 is 0 Å². The van der Waals surface area contributed by atoms with Crippen LogP contribution in [0.1, 0.15) is 5.69 Å². The van der Waals surface area contributed by atoms with Gasteiger partial charge in [0.05, 0.1) is 19.9 Å².